The highest BCUT2D eigenvalue weighted by Crippen LogP contribution is 2.44. The van der Waals surface area contributed by atoms with Crippen molar-refractivity contribution in [3.8, 4) is 22.8 Å². The Morgan fingerprint density at radius 3 is 2.71 bits per heavy atom. The zero-order chi connectivity index (χ0) is 29.8. The van der Waals surface area contributed by atoms with E-state index in [-0.39, 0.29) is 58.8 Å². The summed E-state index contributed by atoms with van der Waals surface area (Å²) in [6.45, 7) is 0.454. The second-order valence-electron chi connectivity index (χ2n) is 9.06. The van der Waals surface area contributed by atoms with Crippen LogP contribution < -0.4 is 15.6 Å². The van der Waals surface area contributed by atoms with E-state index in [9.17, 15) is 29.6 Å². The summed E-state index contributed by atoms with van der Waals surface area (Å²) in [5, 5.41) is 25.5. The molecule has 5 rings (SSSR count). The number of aromatic nitrogens is 2. The first-order valence-electron chi connectivity index (χ1n) is 12.7. The molecule has 0 unspecified atom stereocenters. The van der Waals surface area contributed by atoms with Crippen LogP contribution in [-0.4, -0.2) is 57.5 Å². The summed E-state index contributed by atoms with van der Waals surface area (Å²) in [6.07, 6.45) is 1.39. The minimum Gasteiger partial charge on any atom is -0.504 e. The van der Waals surface area contributed by atoms with E-state index < -0.39 is 22.4 Å². The quantitative estimate of drug-likeness (QED) is 0.0917. The van der Waals surface area contributed by atoms with Crippen LogP contribution in [0.15, 0.2) is 64.5 Å². The molecule has 1 amide bonds. The summed E-state index contributed by atoms with van der Waals surface area (Å²) in [4.78, 5) is 54.3. The average Bonchev–Trinajstić information content (AvgIpc) is 3.27. The lowest BCUT2D eigenvalue weighted by Crippen LogP contribution is -2.29. The van der Waals surface area contributed by atoms with Gasteiger partial charge in [0.2, 0.25) is 0 Å². The zero-order valence-corrected chi connectivity index (χ0v) is 23.8. The van der Waals surface area contributed by atoms with Crippen molar-refractivity contribution >= 4 is 49.9 Å². The molecule has 0 aliphatic heterocycles. The molecule has 0 radical (unpaired) electrons. The third-order valence-corrected chi connectivity index (χ3v) is 8.75. The van der Waals surface area contributed by atoms with Gasteiger partial charge in [0.05, 0.1) is 28.7 Å². The second-order valence-corrected chi connectivity index (χ2v) is 11.5. The van der Waals surface area contributed by atoms with E-state index in [0.717, 1.165) is 11.1 Å². The molecule has 0 bridgehead atoms. The van der Waals surface area contributed by atoms with Crippen LogP contribution in [0.1, 0.15) is 22.3 Å². The average molecular weight is 609 g/mol. The van der Waals surface area contributed by atoms with E-state index >= 15 is 0 Å². The molecule has 0 spiro atoms. The maximum absolute atomic E-state index is 13.7. The van der Waals surface area contributed by atoms with Gasteiger partial charge in [-0.15, -0.1) is 0 Å². The fourth-order valence-electron chi connectivity index (χ4n) is 4.67. The molecule has 0 saturated heterocycles. The monoisotopic (exact) mass is 608 g/mol. The normalized spacial score (nSPS) is 11.7. The van der Waals surface area contributed by atoms with E-state index in [2.05, 4.69) is 10.3 Å². The number of non-ortho nitro benzene ring substituents is 1. The molecule has 2 N–H and O–H groups in total. The first kappa shape index (κ1) is 29.0. The molecular weight excluding hydrogens is 584 g/mol. The minimum absolute atomic E-state index is 0.0220. The number of nitro groups is 1. The molecule has 2 heterocycles. The van der Waals surface area contributed by atoms with Gasteiger partial charge in [0, 0.05) is 53.7 Å². The molecule has 2 aromatic heterocycles. The molecule has 0 saturated carbocycles. The molecule has 4 aromatic rings. The van der Waals surface area contributed by atoms with Crippen LogP contribution >= 0.6 is 21.6 Å². The zero-order valence-electron chi connectivity index (χ0n) is 22.2. The summed E-state index contributed by atoms with van der Waals surface area (Å²) in [6, 6.07) is 12.2. The highest BCUT2D eigenvalue weighted by Gasteiger charge is 2.34. The lowest BCUT2D eigenvalue weighted by molar-refractivity contribution is -0.384. The van der Waals surface area contributed by atoms with Gasteiger partial charge in [-0.25, -0.2) is 9.78 Å². The summed E-state index contributed by atoms with van der Waals surface area (Å²) in [5.74, 6) is 0.0264. The van der Waals surface area contributed by atoms with E-state index in [1.54, 1.807) is 6.20 Å². The summed E-state index contributed by atoms with van der Waals surface area (Å²) in [7, 11) is 4.36. The molecule has 12 nitrogen and oxygen atoms in total. The second kappa shape index (κ2) is 12.5. The van der Waals surface area contributed by atoms with Gasteiger partial charge in [0.1, 0.15) is 11.6 Å². The number of rotatable bonds is 11. The maximum Gasteiger partial charge on any atom is 0.407 e. The highest BCUT2D eigenvalue weighted by atomic mass is 33.1. The third kappa shape index (κ3) is 5.76. The van der Waals surface area contributed by atoms with Crippen molar-refractivity contribution in [2.75, 3.05) is 26.0 Å². The largest absolute Gasteiger partial charge is 0.504 e. The number of phenols is 1. The SMILES string of the molecule is COc1cc2c(cc1O)C(=O)c1c-2n(CCCNC(=O)OCCSSc2ccccn2)c(=O)c2cc([N+](=O)[O-])ccc12. The Hall–Kier alpha value is -4.56. The van der Waals surface area contributed by atoms with Crippen molar-refractivity contribution in [1.29, 1.82) is 0 Å². The number of ketones is 1. The Kier molecular flexibility index (Phi) is 8.64. The van der Waals surface area contributed by atoms with Gasteiger partial charge in [0.25, 0.3) is 11.2 Å². The number of ether oxygens (including phenoxy) is 2. The van der Waals surface area contributed by atoms with Crippen LogP contribution in [0, 0.1) is 10.1 Å². The summed E-state index contributed by atoms with van der Waals surface area (Å²) < 4.78 is 11.8. The number of phenolic OH excluding ortho intramolecular Hbond substituents is 1. The van der Waals surface area contributed by atoms with Gasteiger partial charge in [-0.1, -0.05) is 16.9 Å². The van der Waals surface area contributed by atoms with Crippen LogP contribution in [0.2, 0.25) is 0 Å². The molecular formula is C28H24N4O8S2. The fraction of sp³-hybridized carbons (Fsp3) is 0.214. The molecule has 216 valence electrons. The van der Waals surface area contributed by atoms with Crippen molar-refractivity contribution in [2.24, 2.45) is 0 Å². The van der Waals surface area contributed by atoms with E-state index in [1.807, 2.05) is 18.2 Å². The first-order valence-corrected chi connectivity index (χ1v) is 15.0. The fourth-order valence-corrected chi connectivity index (χ4v) is 6.37. The van der Waals surface area contributed by atoms with Crippen molar-refractivity contribution < 1.29 is 29.1 Å². The van der Waals surface area contributed by atoms with Crippen LogP contribution in [-0.2, 0) is 11.3 Å². The molecule has 0 fully saturated rings. The number of methoxy groups -OCH3 is 1. The van der Waals surface area contributed by atoms with Gasteiger partial charge in [-0.3, -0.25) is 19.7 Å². The van der Waals surface area contributed by atoms with Crippen molar-refractivity contribution in [1.82, 2.24) is 14.9 Å². The number of nitrogens with zero attached hydrogens (tertiary/aromatic N) is 3. The number of pyridine rings is 2. The lowest BCUT2D eigenvalue weighted by Gasteiger charge is -2.16. The number of hydrogen-bond acceptors (Lipinski definition) is 11. The number of alkyl carbamates (subject to hydrolysis) is 1. The van der Waals surface area contributed by atoms with Crippen LogP contribution in [0.25, 0.3) is 22.0 Å². The van der Waals surface area contributed by atoms with Gasteiger partial charge in [-0.2, -0.15) is 0 Å². The topological polar surface area (TPSA) is 163 Å². The predicted octanol–water partition coefficient (Wildman–Crippen LogP) is 4.79. The van der Waals surface area contributed by atoms with Gasteiger partial charge in [-0.05, 0) is 47.5 Å². The standard InChI is InChI=1S/C28H24N4O8S2/c1-39-22-15-18-19(14-21(22)33)26(34)24-17-7-6-16(32(37)38)13-20(17)27(35)31(25(18)24)10-4-9-30-28(36)40-11-12-41-42-23-5-2-3-8-29-23/h2-3,5-8,13-15,33H,4,9-12H2,1H3,(H,30,36). The summed E-state index contributed by atoms with van der Waals surface area (Å²) >= 11 is 0. The van der Waals surface area contributed by atoms with Gasteiger partial charge >= 0.3 is 6.09 Å². The molecule has 2 aromatic carbocycles. The molecule has 1 aliphatic carbocycles. The number of fused-ring (bicyclic) bond motifs is 5. The minimum atomic E-state index is -0.610. The van der Waals surface area contributed by atoms with Crippen LogP contribution in [0.4, 0.5) is 10.5 Å². The van der Waals surface area contributed by atoms with Gasteiger partial charge < -0.3 is 24.5 Å². The highest BCUT2D eigenvalue weighted by molar-refractivity contribution is 8.76. The molecule has 14 heteroatoms. The first-order chi connectivity index (χ1) is 20.3. The summed E-state index contributed by atoms with van der Waals surface area (Å²) in [5.41, 5.74) is 0.304. The lowest BCUT2D eigenvalue weighted by atomic mass is 10.0. The van der Waals surface area contributed by atoms with Gasteiger partial charge in [0.15, 0.2) is 17.3 Å². The number of carbonyl (C=O) groups is 2. The predicted molar refractivity (Wildman–Crippen MR) is 158 cm³/mol. The Labute approximate surface area is 246 Å². The number of amides is 1. The number of nitrogens with one attached hydrogen (secondary N) is 1. The van der Waals surface area contributed by atoms with Crippen molar-refractivity contribution in [3.63, 3.8) is 0 Å². The van der Waals surface area contributed by atoms with E-state index in [0.29, 0.717) is 23.4 Å². The number of carbonyl (C=O) groups excluding carboxylic acids is 2. The van der Waals surface area contributed by atoms with E-state index in [1.165, 1.54) is 57.5 Å². The molecule has 42 heavy (non-hydrogen) atoms. The van der Waals surface area contributed by atoms with Crippen LogP contribution in [0.5, 0.6) is 11.5 Å². The smallest absolute Gasteiger partial charge is 0.407 e. The van der Waals surface area contributed by atoms with Crippen molar-refractivity contribution in [3.05, 3.63) is 86.3 Å². The Morgan fingerprint density at radius 2 is 1.98 bits per heavy atom. The van der Waals surface area contributed by atoms with Crippen LogP contribution in [0.3, 0.4) is 0 Å². The number of hydrogen-bond donors (Lipinski definition) is 2. The van der Waals surface area contributed by atoms with E-state index in [4.69, 9.17) is 9.47 Å². The number of nitro benzene ring substituents is 1. The number of benzene rings is 2. The molecule has 1 aliphatic rings. The Bertz CT molecular complexity index is 1760. The Balaban J connectivity index is 1.32. The maximum atomic E-state index is 13.7. The van der Waals surface area contributed by atoms with Crippen molar-refractivity contribution in [2.45, 2.75) is 18.0 Å². The molecule has 0 atom stereocenters. The number of aromatic hydroxyl groups is 1. The third-order valence-electron chi connectivity index (χ3n) is 6.52. The Morgan fingerprint density at radius 1 is 1.14 bits per heavy atom.